The number of halogens is 2. The van der Waals surface area contributed by atoms with Crippen LogP contribution in [0.2, 0.25) is 10.0 Å². The number of hydrogen-bond acceptors (Lipinski definition) is 6. The minimum Gasteiger partial charge on any atom is -0.330 e. The van der Waals surface area contributed by atoms with E-state index >= 15 is 0 Å². The monoisotopic (exact) mass is 496 g/mol. The van der Waals surface area contributed by atoms with Crippen molar-refractivity contribution in [2.45, 2.75) is 24.6 Å². The van der Waals surface area contributed by atoms with Crippen molar-refractivity contribution in [3.63, 3.8) is 0 Å². The van der Waals surface area contributed by atoms with Crippen LogP contribution in [-0.2, 0) is 15.3 Å². The first kappa shape index (κ1) is 22.1. The molecule has 1 aromatic carbocycles. The lowest BCUT2D eigenvalue weighted by Gasteiger charge is -2.24. The maximum absolute atomic E-state index is 12.7. The molecule has 7 nitrogen and oxygen atoms in total. The SMILES string of the molecule is O=C(Nc1cc(Cl)cc(Cl)c1)C1CCCN1C(=O)CSCc1cc(=O)n2ccsc2n1. The largest absolute Gasteiger partial charge is 0.330 e. The number of benzene rings is 1. The van der Waals surface area contributed by atoms with Gasteiger partial charge in [-0.3, -0.25) is 18.8 Å². The van der Waals surface area contributed by atoms with Crippen LogP contribution in [0.4, 0.5) is 5.69 Å². The van der Waals surface area contributed by atoms with Gasteiger partial charge in [0.15, 0.2) is 4.96 Å². The Morgan fingerprint density at radius 1 is 1.23 bits per heavy atom. The van der Waals surface area contributed by atoms with Crippen molar-refractivity contribution in [2.24, 2.45) is 0 Å². The van der Waals surface area contributed by atoms with Crippen molar-refractivity contribution >= 4 is 68.8 Å². The number of amides is 2. The van der Waals surface area contributed by atoms with Crippen LogP contribution in [-0.4, -0.2) is 44.4 Å². The van der Waals surface area contributed by atoms with Gasteiger partial charge in [-0.2, -0.15) is 0 Å². The van der Waals surface area contributed by atoms with Crippen molar-refractivity contribution in [3.05, 3.63) is 61.9 Å². The summed E-state index contributed by atoms with van der Waals surface area (Å²) in [5, 5.41) is 5.45. The summed E-state index contributed by atoms with van der Waals surface area (Å²) >= 11 is 14.7. The third kappa shape index (κ3) is 5.23. The van der Waals surface area contributed by atoms with Crippen LogP contribution < -0.4 is 10.9 Å². The Kier molecular flexibility index (Phi) is 6.86. The number of rotatable bonds is 6. The Morgan fingerprint density at radius 3 is 2.77 bits per heavy atom. The van der Waals surface area contributed by atoms with E-state index < -0.39 is 6.04 Å². The van der Waals surface area contributed by atoms with Gasteiger partial charge in [-0.05, 0) is 31.0 Å². The number of thiazole rings is 1. The van der Waals surface area contributed by atoms with Crippen LogP contribution in [0.3, 0.4) is 0 Å². The number of aromatic nitrogens is 2. The first-order valence-corrected chi connectivity index (χ1v) is 12.3. The van der Waals surface area contributed by atoms with Crippen molar-refractivity contribution in [2.75, 3.05) is 17.6 Å². The lowest BCUT2D eigenvalue weighted by atomic mass is 10.2. The summed E-state index contributed by atoms with van der Waals surface area (Å²) in [6.07, 6.45) is 3.05. The summed E-state index contributed by atoms with van der Waals surface area (Å²) in [7, 11) is 0. The summed E-state index contributed by atoms with van der Waals surface area (Å²) < 4.78 is 1.49. The molecule has 11 heteroatoms. The van der Waals surface area contributed by atoms with E-state index in [-0.39, 0.29) is 23.1 Å². The lowest BCUT2D eigenvalue weighted by molar-refractivity contribution is -0.134. The van der Waals surface area contributed by atoms with Crippen LogP contribution in [0.25, 0.3) is 4.96 Å². The third-order valence-corrected chi connectivity index (χ3v) is 6.98. The molecule has 1 fully saturated rings. The van der Waals surface area contributed by atoms with Crippen molar-refractivity contribution in [1.29, 1.82) is 0 Å². The zero-order valence-electron chi connectivity index (χ0n) is 16.2. The molecule has 0 bridgehead atoms. The van der Waals surface area contributed by atoms with E-state index in [0.717, 1.165) is 6.42 Å². The van der Waals surface area contributed by atoms with Gasteiger partial charge in [0.05, 0.1) is 11.4 Å². The molecule has 1 aliphatic rings. The number of hydrogen-bond donors (Lipinski definition) is 1. The molecule has 0 spiro atoms. The average molecular weight is 497 g/mol. The number of nitrogens with zero attached hydrogens (tertiary/aromatic N) is 3. The van der Waals surface area contributed by atoms with Crippen molar-refractivity contribution < 1.29 is 9.59 Å². The van der Waals surface area contributed by atoms with Gasteiger partial charge in [-0.15, -0.1) is 23.1 Å². The second-order valence-electron chi connectivity index (χ2n) is 7.03. The third-order valence-electron chi connectivity index (χ3n) is 4.84. The highest BCUT2D eigenvalue weighted by molar-refractivity contribution is 7.99. The normalized spacial score (nSPS) is 16.1. The summed E-state index contributed by atoms with van der Waals surface area (Å²) in [4.78, 5) is 44.2. The average Bonchev–Trinajstić information content (AvgIpc) is 3.37. The van der Waals surface area contributed by atoms with Crippen LogP contribution in [0.5, 0.6) is 0 Å². The maximum atomic E-state index is 12.7. The maximum Gasteiger partial charge on any atom is 0.258 e. The highest BCUT2D eigenvalue weighted by atomic mass is 35.5. The highest BCUT2D eigenvalue weighted by Crippen LogP contribution is 2.25. The van der Waals surface area contributed by atoms with Gasteiger partial charge in [0.25, 0.3) is 5.56 Å². The van der Waals surface area contributed by atoms with Gasteiger partial charge < -0.3 is 10.2 Å². The zero-order chi connectivity index (χ0) is 22.0. The van der Waals surface area contributed by atoms with Crippen molar-refractivity contribution in [1.82, 2.24) is 14.3 Å². The van der Waals surface area contributed by atoms with E-state index in [1.165, 1.54) is 33.6 Å². The molecule has 3 heterocycles. The van der Waals surface area contributed by atoms with Crippen LogP contribution in [0, 0.1) is 0 Å². The number of nitrogens with one attached hydrogen (secondary N) is 1. The first-order chi connectivity index (χ1) is 14.9. The molecule has 162 valence electrons. The second-order valence-corrected chi connectivity index (χ2v) is 9.76. The smallest absolute Gasteiger partial charge is 0.258 e. The fourth-order valence-corrected chi connectivity index (χ4v) is 5.54. The van der Waals surface area contributed by atoms with Gasteiger partial charge in [0.1, 0.15) is 6.04 Å². The quantitative estimate of drug-likeness (QED) is 0.558. The topological polar surface area (TPSA) is 83.8 Å². The molecule has 1 aliphatic heterocycles. The van der Waals surface area contributed by atoms with E-state index in [0.29, 0.717) is 45.1 Å². The van der Waals surface area contributed by atoms with Crippen LogP contribution in [0.15, 0.2) is 40.6 Å². The van der Waals surface area contributed by atoms with E-state index in [2.05, 4.69) is 10.3 Å². The predicted molar refractivity (Wildman–Crippen MR) is 125 cm³/mol. The molecule has 1 unspecified atom stereocenters. The lowest BCUT2D eigenvalue weighted by Crippen LogP contribution is -2.44. The highest BCUT2D eigenvalue weighted by Gasteiger charge is 2.33. The summed E-state index contributed by atoms with van der Waals surface area (Å²) in [6, 6.07) is 5.77. The van der Waals surface area contributed by atoms with E-state index in [1.807, 2.05) is 0 Å². The van der Waals surface area contributed by atoms with Gasteiger partial charge in [-0.25, -0.2) is 4.98 Å². The van der Waals surface area contributed by atoms with E-state index in [9.17, 15) is 14.4 Å². The predicted octanol–water partition coefficient (Wildman–Crippen LogP) is 3.93. The Hall–Kier alpha value is -2.07. The summed E-state index contributed by atoms with van der Waals surface area (Å²) in [6.45, 7) is 0.536. The fraction of sp³-hybridized carbons (Fsp3) is 0.300. The Morgan fingerprint density at radius 2 is 2.00 bits per heavy atom. The number of likely N-dealkylation sites (tertiary alicyclic amines) is 1. The van der Waals surface area contributed by atoms with E-state index in [4.69, 9.17) is 23.2 Å². The first-order valence-electron chi connectivity index (χ1n) is 9.50. The van der Waals surface area contributed by atoms with Gasteiger partial charge >= 0.3 is 0 Å². The molecule has 4 rings (SSSR count). The Balaban J connectivity index is 1.34. The number of thioether (sulfide) groups is 1. The molecule has 31 heavy (non-hydrogen) atoms. The standard InChI is InChI=1S/C20H18Cl2N4O3S2/c21-12-6-13(22)8-14(7-12)23-19(29)16-2-1-3-25(16)18(28)11-30-10-15-9-17(27)26-4-5-31-20(26)24-15/h4-9,16H,1-3,10-11H2,(H,23,29). The number of anilines is 1. The van der Waals surface area contributed by atoms with Gasteiger partial charge in [0.2, 0.25) is 11.8 Å². The number of carbonyl (C=O) groups is 2. The minimum absolute atomic E-state index is 0.110. The number of carbonyl (C=O) groups excluding carboxylic acids is 2. The molecule has 1 atom stereocenters. The Bertz CT molecular complexity index is 1180. The molecule has 1 saturated heterocycles. The van der Waals surface area contributed by atoms with Gasteiger partial charge in [-0.1, -0.05) is 23.2 Å². The molecule has 0 saturated carbocycles. The molecule has 0 radical (unpaired) electrons. The van der Waals surface area contributed by atoms with Crippen molar-refractivity contribution in [3.8, 4) is 0 Å². The summed E-state index contributed by atoms with van der Waals surface area (Å²) in [5.41, 5.74) is 1.00. The van der Waals surface area contributed by atoms with Crippen LogP contribution >= 0.6 is 46.3 Å². The Labute approximate surface area is 196 Å². The molecule has 2 amide bonds. The molecule has 3 aromatic rings. The van der Waals surface area contributed by atoms with E-state index in [1.54, 1.807) is 34.7 Å². The molecule has 1 N–H and O–H groups in total. The molecular weight excluding hydrogens is 479 g/mol. The zero-order valence-corrected chi connectivity index (χ0v) is 19.4. The van der Waals surface area contributed by atoms with Crippen LogP contribution in [0.1, 0.15) is 18.5 Å². The van der Waals surface area contributed by atoms with Gasteiger partial charge in [0, 0.05) is 45.7 Å². The second kappa shape index (κ2) is 9.60. The molecule has 0 aliphatic carbocycles. The fourth-order valence-electron chi connectivity index (χ4n) is 3.48. The minimum atomic E-state index is -0.531. The molecule has 2 aromatic heterocycles. The molecular formula is C20H18Cl2N4O3S2. The number of fused-ring (bicyclic) bond motifs is 1. The summed E-state index contributed by atoms with van der Waals surface area (Å²) in [5.74, 6) is 0.284.